The molecule has 2 aromatic carbocycles. The van der Waals surface area contributed by atoms with Crippen LogP contribution in [0.1, 0.15) is 28.5 Å². The second-order valence-electron chi connectivity index (χ2n) is 6.64. The highest BCUT2D eigenvalue weighted by molar-refractivity contribution is 7.15. The van der Waals surface area contributed by atoms with E-state index in [0.717, 1.165) is 23.3 Å². The molecule has 1 aliphatic heterocycles. The van der Waals surface area contributed by atoms with Gasteiger partial charge in [0.25, 0.3) is 5.91 Å². The van der Waals surface area contributed by atoms with Crippen molar-refractivity contribution in [3.8, 4) is 5.75 Å². The molecular formula is C23H19ClN2O2S. The topological polar surface area (TPSA) is 51.2 Å². The summed E-state index contributed by atoms with van der Waals surface area (Å²) < 4.78 is 5.54. The molecule has 0 fully saturated rings. The van der Waals surface area contributed by atoms with E-state index in [2.05, 4.69) is 41.5 Å². The van der Waals surface area contributed by atoms with Crippen molar-refractivity contribution >= 4 is 40.1 Å². The number of fused-ring (bicyclic) bond motifs is 1. The van der Waals surface area contributed by atoms with Gasteiger partial charge in [-0.25, -0.2) is 4.98 Å². The first-order chi connectivity index (χ1) is 14.1. The van der Waals surface area contributed by atoms with Crippen molar-refractivity contribution in [2.24, 2.45) is 0 Å². The van der Waals surface area contributed by atoms with Crippen molar-refractivity contribution in [3.05, 3.63) is 93.2 Å². The second-order valence-corrected chi connectivity index (χ2v) is 8.19. The van der Waals surface area contributed by atoms with Gasteiger partial charge in [0.15, 0.2) is 5.13 Å². The molecule has 0 saturated heterocycles. The maximum Gasteiger partial charge on any atom is 0.257 e. The van der Waals surface area contributed by atoms with Gasteiger partial charge in [-0.05, 0) is 47.9 Å². The fourth-order valence-corrected chi connectivity index (χ4v) is 4.01. The Bertz CT molecular complexity index is 1100. The zero-order chi connectivity index (χ0) is 20.2. The number of ether oxygens (including phenoxy) is 1. The number of carbonyl (C=O) groups excluding carboxylic acids is 1. The number of nitrogens with zero attached hydrogens (tertiary/aromatic N) is 1. The number of halogens is 1. The molecule has 1 amide bonds. The fraction of sp³-hybridized carbons (Fsp3) is 0.130. The first-order valence-corrected chi connectivity index (χ1v) is 10.5. The van der Waals surface area contributed by atoms with Crippen molar-refractivity contribution in [1.82, 2.24) is 4.98 Å². The summed E-state index contributed by atoms with van der Waals surface area (Å²) in [5, 5.41) is 4.02. The molecule has 0 saturated carbocycles. The number of thiazole rings is 1. The minimum absolute atomic E-state index is 0.245. The summed E-state index contributed by atoms with van der Waals surface area (Å²) in [5.41, 5.74) is 3.77. The van der Waals surface area contributed by atoms with Gasteiger partial charge in [0.2, 0.25) is 0 Å². The van der Waals surface area contributed by atoms with Crippen molar-refractivity contribution < 1.29 is 9.53 Å². The molecule has 0 spiro atoms. The molecule has 0 aliphatic carbocycles. The standard InChI is InChI=1S/C23H19ClN2O2S/c1-2-15-3-5-16(6-4-15)11-20-14-25-23(29-20)26-22(27)17-9-10-28-21-8-7-19(24)13-18(21)12-17/h3-10,12-14H,2,11H2,1H3,(H,25,26,27). The Morgan fingerprint density at radius 2 is 1.97 bits per heavy atom. The van der Waals surface area contributed by atoms with Gasteiger partial charge in [0, 0.05) is 33.7 Å². The molecule has 0 atom stereocenters. The Morgan fingerprint density at radius 3 is 2.76 bits per heavy atom. The van der Waals surface area contributed by atoms with Gasteiger partial charge in [-0.1, -0.05) is 42.8 Å². The van der Waals surface area contributed by atoms with E-state index in [1.165, 1.54) is 28.7 Å². The number of aromatic nitrogens is 1. The van der Waals surface area contributed by atoms with Gasteiger partial charge in [-0.3, -0.25) is 10.1 Å². The number of hydrogen-bond acceptors (Lipinski definition) is 4. The van der Waals surface area contributed by atoms with Gasteiger partial charge >= 0.3 is 0 Å². The number of nitrogens with one attached hydrogen (secondary N) is 1. The van der Waals surface area contributed by atoms with E-state index in [0.29, 0.717) is 21.5 Å². The largest absolute Gasteiger partial charge is 0.464 e. The monoisotopic (exact) mass is 422 g/mol. The Hall–Kier alpha value is -2.89. The third kappa shape index (κ3) is 4.75. The van der Waals surface area contributed by atoms with E-state index in [9.17, 15) is 4.79 Å². The summed E-state index contributed by atoms with van der Waals surface area (Å²) in [5.74, 6) is 0.407. The predicted octanol–water partition coefficient (Wildman–Crippen LogP) is 5.88. The highest BCUT2D eigenvalue weighted by Crippen LogP contribution is 2.28. The predicted molar refractivity (Wildman–Crippen MR) is 119 cm³/mol. The van der Waals surface area contributed by atoms with E-state index in [1.54, 1.807) is 30.4 Å². The van der Waals surface area contributed by atoms with Crippen LogP contribution in [-0.4, -0.2) is 10.9 Å². The van der Waals surface area contributed by atoms with Crippen LogP contribution in [0.15, 0.2) is 66.6 Å². The number of aryl methyl sites for hydroxylation is 1. The summed E-state index contributed by atoms with van der Waals surface area (Å²) in [6.07, 6.45) is 8.52. The molecule has 0 radical (unpaired) electrons. The van der Waals surface area contributed by atoms with Crippen LogP contribution in [0.5, 0.6) is 5.75 Å². The Balaban J connectivity index is 1.46. The molecule has 146 valence electrons. The third-order valence-corrected chi connectivity index (χ3v) is 5.72. The average molecular weight is 423 g/mol. The van der Waals surface area contributed by atoms with Crippen LogP contribution >= 0.6 is 22.9 Å². The van der Waals surface area contributed by atoms with Gasteiger partial charge in [0.05, 0.1) is 6.26 Å². The van der Waals surface area contributed by atoms with Crippen LogP contribution in [0, 0.1) is 0 Å². The molecule has 0 bridgehead atoms. The molecule has 2 heterocycles. The van der Waals surface area contributed by atoms with E-state index in [-0.39, 0.29) is 5.91 Å². The maximum absolute atomic E-state index is 12.7. The molecule has 6 heteroatoms. The van der Waals surface area contributed by atoms with Crippen molar-refractivity contribution in [3.63, 3.8) is 0 Å². The van der Waals surface area contributed by atoms with Crippen LogP contribution in [0.3, 0.4) is 0 Å². The number of rotatable bonds is 5. The summed E-state index contributed by atoms with van der Waals surface area (Å²) in [6.45, 7) is 2.14. The molecule has 4 rings (SSSR count). The van der Waals surface area contributed by atoms with Crippen LogP contribution in [0.4, 0.5) is 5.13 Å². The molecule has 3 aromatic rings. The molecular weight excluding hydrogens is 404 g/mol. The van der Waals surface area contributed by atoms with Crippen molar-refractivity contribution in [2.75, 3.05) is 5.32 Å². The first kappa shape index (κ1) is 19.4. The minimum Gasteiger partial charge on any atom is -0.464 e. The smallest absolute Gasteiger partial charge is 0.257 e. The Labute approximate surface area is 178 Å². The molecule has 29 heavy (non-hydrogen) atoms. The highest BCUT2D eigenvalue weighted by Gasteiger charge is 2.14. The maximum atomic E-state index is 12.7. The molecule has 1 N–H and O–H groups in total. The number of hydrogen-bond donors (Lipinski definition) is 1. The Morgan fingerprint density at radius 1 is 1.17 bits per heavy atom. The zero-order valence-corrected chi connectivity index (χ0v) is 17.4. The number of anilines is 1. The lowest BCUT2D eigenvalue weighted by Gasteiger charge is -2.04. The van der Waals surface area contributed by atoms with E-state index in [4.69, 9.17) is 16.3 Å². The van der Waals surface area contributed by atoms with Gasteiger partial charge in [0.1, 0.15) is 5.75 Å². The van der Waals surface area contributed by atoms with Gasteiger partial charge in [-0.15, -0.1) is 11.3 Å². The van der Waals surface area contributed by atoms with Crippen molar-refractivity contribution in [2.45, 2.75) is 19.8 Å². The quantitative estimate of drug-likeness (QED) is 0.558. The first-order valence-electron chi connectivity index (χ1n) is 9.29. The van der Waals surface area contributed by atoms with Crippen LogP contribution < -0.4 is 10.1 Å². The van der Waals surface area contributed by atoms with Gasteiger partial charge in [-0.2, -0.15) is 0 Å². The number of amides is 1. The average Bonchev–Trinajstić information content (AvgIpc) is 3.04. The Kier molecular flexibility index (Phi) is 5.79. The second kappa shape index (κ2) is 8.64. The fourth-order valence-electron chi connectivity index (χ4n) is 2.99. The third-order valence-electron chi connectivity index (χ3n) is 4.57. The summed E-state index contributed by atoms with van der Waals surface area (Å²) in [7, 11) is 0. The number of carbonyl (C=O) groups is 1. The zero-order valence-electron chi connectivity index (χ0n) is 15.8. The summed E-state index contributed by atoms with van der Waals surface area (Å²) in [4.78, 5) is 18.1. The van der Waals surface area contributed by atoms with E-state index in [1.807, 2.05) is 6.20 Å². The number of benzene rings is 2. The highest BCUT2D eigenvalue weighted by atomic mass is 35.5. The van der Waals surface area contributed by atoms with Crippen LogP contribution in [0.25, 0.3) is 6.08 Å². The molecule has 4 nitrogen and oxygen atoms in total. The van der Waals surface area contributed by atoms with Crippen LogP contribution in [0.2, 0.25) is 5.02 Å². The summed E-state index contributed by atoms with van der Waals surface area (Å²) in [6, 6.07) is 13.9. The molecule has 1 aliphatic rings. The normalized spacial score (nSPS) is 12.6. The van der Waals surface area contributed by atoms with Gasteiger partial charge < -0.3 is 4.74 Å². The lowest BCUT2D eigenvalue weighted by Crippen LogP contribution is -2.12. The van der Waals surface area contributed by atoms with Crippen molar-refractivity contribution in [1.29, 1.82) is 0 Å². The SMILES string of the molecule is CCc1ccc(Cc2cnc(NC(=O)C3=Cc4cc(Cl)ccc4OC=C3)s2)cc1. The minimum atomic E-state index is -0.245. The van der Waals surface area contributed by atoms with Crippen LogP contribution in [-0.2, 0) is 17.6 Å². The van der Waals surface area contributed by atoms with E-state index >= 15 is 0 Å². The lowest BCUT2D eigenvalue weighted by atomic mass is 10.1. The summed E-state index contributed by atoms with van der Waals surface area (Å²) >= 11 is 7.54. The lowest BCUT2D eigenvalue weighted by molar-refractivity contribution is -0.112. The molecule has 0 unspecified atom stereocenters. The van der Waals surface area contributed by atoms with E-state index < -0.39 is 0 Å². The molecule has 1 aromatic heterocycles.